The predicted octanol–water partition coefficient (Wildman–Crippen LogP) is 4.84. The molecule has 1 nitrogen and oxygen atoms in total. The normalized spacial score (nSPS) is 11.3. The SMILES string of the molecule is C=C(C)c1cccc([Si](CC)N(CCCC)CCCC)c1. The van der Waals surface area contributed by atoms with Gasteiger partial charge < -0.3 is 4.57 Å². The molecular weight excluding hydrogens is 270 g/mol. The minimum Gasteiger partial charge on any atom is -0.321 e. The topological polar surface area (TPSA) is 3.24 Å². The molecule has 0 N–H and O–H groups in total. The Balaban J connectivity index is 2.94. The molecule has 0 aliphatic rings. The predicted molar refractivity (Wildman–Crippen MR) is 98.4 cm³/mol. The van der Waals surface area contributed by atoms with Crippen LogP contribution in [0, 0.1) is 0 Å². The molecule has 0 aromatic heterocycles. The Morgan fingerprint density at radius 3 is 2.19 bits per heavy atom. The number of hydrogen-bond donors (Lipinski definition) is 0. The maximum Gasteiger partial charge on any atom is 0.172 e. The molecule has 1 radical (unpaired) electrons. The van der Waals surface area contributed by atoms with Crippen LogP contribution < -0.4 is 5.19 Å². The number of unbranched alkanes of at least 4 members (excludes halogenated alkanes) is 2. The molecule has 1 aromatic carbocycles. The van der Waals surface area contributed by atoms with Gasteiger partial charge in [0.05, 0.1) is 0 Å². The molecule has 0 bridgehead atoms. The van der Waals surface area contributed by atoms with Crippen molar-refractivity contribution in [2.45, 2.75) is 59.4 Å². The second-order valence-corrected chi connectivity index (χ2v) is 8.67. The lowest BCUT2D eigenvalue weighted by Gasteiger charge is -2.30. The summed E-state index contributed by atoms with van der Waals surface area (Å²) in [4.78, 5) is 0. The molecule has 21 heavy (non-hydrogen) atoms. The summed E-state index contributed by atoms with van der Waals surface area (Å²) in [6, 6.07) is 10.4. The van der Waals surface area contributed by atoms with Crippen LogP contribution in [-0.2, 0) is 0 Å². The molecule has 0 spiro atoms. The summed E-state index contributed by atoms with van der Waals surface area (Å²) in [5.41, 5.74) is 2.47. The first-order valence-corrected chi connectivity index (χ1v) is 10.2. The average Bonchev–Trinajstić information content (AvgIpc) is 2.50. The van der Waals surface area contributed by atoms with Crippen molar-refractivity contribution in [3.05, 3.63) is 36.4 Å². The van der Waals surface area contributed by atoms with Crippen molar-refractivity contribution in [2.24, 2.45) is 0 Å². The molecule has 1 rings (SSSR count). The van der Waals surface area contributed by atoms with Crippen molar-refractivity contribution >= 4 is 19.7 Å². The van der Waals surface area contributed by atoms with E-state index in [1.165, 1.54) is 56.0 Å². The Morgan fingerprint density at radius 1 is 1.10 bits per heavy atom. The zero-order valence-electron chi connectivity index (χ0n) is 14.4. The van der Waals surface area contributed by atoms with Crippen molar-refractivity contribution in [2.75, 3.05) is 13.1 Å². The first-order valence-electron chi connectivity index (χ1n) is 8.51. The molecule has 0 fully saturated rings. The van der Waals surface area contributed by atoms with E-state index in [9.17, 15) is 0 Å². The smallest absolute Gasteiger partial charge is 0.172 e. The monoisotopic (exact) mass is 302 g/mol. The molecule has 0 saturated carbocycles. The highest BCUT2D eigenvalue weighted by Crippen LogP contribution is 2.12. The van der Waals surface area contributed by atoms with Crippen LogP contribution in [0.1, 0.15) is 58.9 Å². The second kappa shape index (κ2) is 9.96. The van der Waals surface area contributed by atoms with Crippen LogP contribution in [0.2, 0.25) is 6.04 Å². The van der Waals surface area contributed by atoms with E-state index in [-0.39, 0.29) is 0 Å². The number of rotatable bonds is 10. The van der Waals surface area contributed by atoms with Gasteiger partial charge in [-0.3, -0.25) is 0 Å². The van der Waals surface area contributed by atoms with Crippen molar-refractivity contribution in [1.29, 1.82) is 0 Å². The van der Waals surface area contributed by atoms with Gasteiger partial charge in [-0.1, -0.05) is 70.0 Å². The molecule has 1 aromatic rings. The Morgan fingerprint density at radius 2 is 1.71 bits per heavy atom. The van der Waals surface area contributed by atoms with E-state index in [1.807, 2.05) is 0 Å². The largest absolute Gasteiger partial charge is 0.321 e. The Bertz CT molecular complexity index is 419. The van der Waals surface area contributed by atoms with Crippen molar-refractivity contribution < 1.29 is 0 Å². The maximum absolute atomic E-state index is 4.09. The van der Waals surface area contributed by atoms with E-state index in [2.05, 4.69) is 63.1 Å². The zero-order chi connectivity index (χ0) is 15.7. The molecule has 0 saturated heterocycles. The van der Waals surface area contributed by atoms with Crippen LogP contribution >= 0.6 is 0 Å². The third-order valence-corrected chi connectivity index (χ3v) is 6.83. The van der Waals surface area contributed by atoms with E-state index in [4.69, 9.17) is 0 Å². The van der Waals surface area contributed by atoms with E-state index in [0.717, 1.165) is 0 Å². The highest BCUT2D eigenvalue weighted by Gasteiger charge is 2.21. The van der Waals surface area contributed by atoms with Crippen LogP contribution in [0.5, 0.6) is 0 Å². The number of benzene rings is 1. The summed E-state index contributed by atoms with van der Waals surface area (Å²) in [5, 5.41) is 1.55. The Labute approximate surface area is 133 Å². The van der Waals surface area contributed by atoms with E-state index >= 15 is 0 Å². The molecule has 2 heteroatoms. The van der Waals surface area contributed by atoms with Gasteiger partial charge in [0.25, 0.3) is 0 Å². The third kappa shape index (κ3) is 5.80. The van der Waals surface area contributed by atoms with Crippen molar-refractivity contribution in [1.82, 2.24) is 4.57 Å². The van der Waals surface area contributed by atoms with Crippen molar-refractivity contribution in [3.8, 4) is 0 Å². The molecular formula is C19H32NSi. The summed E-state index contributed by atoms with van der Waals surface area (Å²) in [5.74, 6) is 0. The Hall–Kier alpha value is -0.863. The van der Waals surface area contributed by atoms with Gasteiger partial charge in [0.15, 0.2) is 8.96 Å². The van der Waals surface area contributed by atoms with E-state index < -0.39 is 8.96 Å². The molecule has 0 aliphatic heterocycles. The molecule has 117 valence electrons. The van der Waals surface area contributed by atoms with Gasteiger partial charge in [0, 0.05) is 0 Å². The highest BCUT2D eigenvalue weighted by molar-refractivity contribution is 6.70. The third-order valence-electron chi connectivity index (χ3n) is 3.97. The first-order chi connectivity index (χ1) is 10.1. The van der Waals surface area contributed by atoms with E-state index in [1.54, 1.807) is 5.19 Å². The van der Waals surface area contributed by atoms with Crippen LogP contribution in [-0.4, -0.2) is 26.6 Å². The minimum absolute atomic E-state index is 0.608. The molecule has 0 atom stereocenters. The van der Waals surface area contributed by atoms with Crippen LogP contribution in [0.3, 0.4) is 0 Å². The maximum atomic E-state index is 4.09. The fourth-order valence-corrected chi connectivity index (χ4v) is 5.34. The fourth-order valence-electron chi connectivity index (χ4n) is 2.65. The van der Waals surface area contributed by atoms with Gasteiger partial charge in [0.1, 0.15) is 0 Å². The Kier molecular flexibility index (Phi) is 8.63. The highest BCUT2D eigenvalue weighted by atomic mass is 28.3. The van der Waals surface area contributed by atoms with Gasteiger partial charge in [-0.2, -0.15) is 0 Å². The summed E-state index contributed by atoms with van der Waals surface area (Å²) < 4.78 is 2.79. The van der Waals surface area contributed by atoms with E-state index in [0.29, 0.717) is 0 Å². The molecule has 0 amide bonds. The van der Waals surface area contributed by atoms with Crippen LogP contribution in [0.15, 0.2) is 30.8 Å². The fraction of sp³-hybridized carbons (Fsp3) is 0.579. The minimum atomic E-state index is -0.608. The molecule has 0 unspecified atom stereocenters. The number of hydrogen-bond acceptors (Lipinski definition) is 1. The van der Waals surface area contributed by atoms with Gasteiger partial charge in [0.2, 0.25) is 0 Å². The van der Waals surface area contributed by atoms with Gasteiger partial charge in [-0.05, 0) is 49.6 Å². The molecule has 0 heterocycles. The lowest BCUT2D eigenvalue weighted by molar-refractivity contribution is 0.413. The summed E-state index contributed by atoms with van der Waals surface area (Å²) in [6.45, 7) is 15.6. The lowest BCUT2D eigenvalue weighted by Crippen LogP contribution is -2.48. The van der Waals surface area contributed by atoms with Crippen LogP contribution in [0.25, 0.3) is 5.57 Å². The van der Waals surface area contributed by atoms with Crippen LogP contribution in [0.4, 0.5) is 0 Å². The van der Waals surface area contributed by atoms with Gasteiger partial charge in [-0.15, -0.1) is 0 Å². The second-order valence-electron chi connectivity index (χ2n) is 5.86. The van der Waals surface area contributed by atoms with Gasteiger partial charge in [-0.25, -0.2) is 0 Å². The average molecular weight is 303 g/mol. The number of allylic oxidation sites excluding steroid dienone is 1. The summed E-state index contributed by atoms with van der Waals surface area (Å²) in [7, 11) is -0.608. The lowest BCUT2D eigenvalue weighted by atomic mass is 10.1. The van der Waals surface area contributed by atoms with Gasteiger partial charge >= 0.3 is 0 Å². The quantitative estimate of drug-likeness (QED) is 0.559. The summed E-state index contributed by atoms with van der Waals surface area (Å²) >= 11 is 0. The summed E-state index contributed by atoms with van der Waals surface area (Å²) in [6.07, 6.45) is 5.21. The van der Waals surface area contributed by atoms with Crippen molar-refractivity contribution in [3.63, 3.8) is 0 Å². The first kappa shape index (κ1) is 18.2. The number of nitrogens with zero attached hydrogens (tertiary/aromatic N) is 1. The standard InChI is InChI=1S/C19H32NSi/c1-6-9-14-20(15-10-7-2)21(8-3)19-13-11-12-18(16-19)17(4)5/h11-13,16H,4,6-10,14-15H2,1-3,5H3. The molecule has 0 aliphatic carbocycles. The zero-order valence-corrected chi connectivity index (χ0v) is 15.4.